The van der Waals surface area contributed by atoms with E-state index in [1.807, 2.05) is 54.6 Å². The van der Waals surface area contributed by atoms with Gasteiger partial charge in [-0.3, -0.25) is 14.3 Å². The normalized spacial score (nSPS) is 18.0. The van der Waals surface area contributed by atoms with Crippen molar-refractivity contribution in [2.24, 2.45) is 0 Å². The van der Waals surface area contributed by atoms with Crippen LogP contribution in [0.5, 0.6) is 0 Å². The second kappa shape index (κ2) is 12.5. The minimum Gasteiger partial charge on any atom is -0.349 e. The highest BCUT2D eigenvalue weighted by molar-refractivity contribution is 7.32. The van der Waals surface area contributed by atoms with Gasteiger partial charge < -0.3 is 10.1 Å². The zero-order valence-electron chi connectivity index (χ0n) is 23.4. The van der Waals surface area contributed by atoms with Crippen molar-refractivity contribution < 1.29 is 23.5 Å². The zero-order valence-corrected chi connectivity index (χ0v) is 24.2. The molecule has 3 heterocycles. The molecule has 2 aromatic heterocycles. The number of amides is 1. The SMILES string of the molecule is CC(=O)Nc1ncnc2c1ncn2[C@H]1CN(C(c2ccccc2)(c2ccccc2)c2ccccc2)C[C@@H](CO[P+](=O)O)O1. The lowest BCUT2D eigenvalue weighted by Gasteiger charge is -2.50. The predicted molar refractivity (Wildman–Crippen MR) is 160 cm³/mol. The van der Waals surface area contributed by atoms with Crippen molar-refractivity contribution in [3.63, 3.8) is 0 Å². The number of aromatic nitrogens is 4. The molecule has 1 unspecified atom stereocenters. The van der Waals surface area contributed by atoms with Crippen molar-refractivity contribution in [2.75, 3.05) is 25.0 Å². The van der Waals surface area contributed by atoms with Crippen LogP contribution >= 0.6 is 8.25 Å². The summed E-state index contributed by atoms with van der Waals surface area (Å²) in [6, 6.07) is 30.8. The number of nitrogens with one attached hydrogen (secondary N) is 1. The fourth-order valence-electron chi connectivity index (χ4n) is 5.89. The first-order valence-corrected chi connectivity index (χ1v) is 14.9. The van der Waals surface area contributed by atoms with Gasteiger partial charge in [-0.2, -0.15) is 0 Å². The Morgan fingerprint density at radius 2 is 1.53 bits per heavy atom. The lowest BCUT2D eigenvalue weighted by atomic mass is 9.75. The Morgan fingerprint density at radius 3 is 2.07 bits per heavy atom. The van der Waals surface area contributed by atoms with Crippen LogP contribution in [0.3, 0.4) is 0 Å². The van der Waals surface area contributed by atoms with E-state index in [1.165, 1.54) is 13.3 Å². The summed E-state index contributed by atoms with van der Waals surface area (Å²) in [5.41, 5.74) is 3.27. The Labute approximate surface area is 249 Å². The molecule has 3 aromatic carbocycles. The van der Waals surface area contributed by atoms with Crippen LogP contribution in [0.1, 0.15) is 29.8 Å². The van der Waals surface area contributed by atoms with Crippen molar-refractivity contribution in [3.05, 3.63) is 120 Å². The molecule has 2 N–H and O–H groups in total. The van der Waals surface area contributed by atoms with Gasteiger partial charge in [-0.05, 0) is 16.7 Å². The maximum atomic E-state index is 11.8. The van der Waals surface area contributed by atoms with E-state index in [2.05, 4.69) is 61.6 Å². The fourth-order valence-corrected chi connectivity index (χ4v) is 6.18. The van der Waals surface area contributed by atoms with E-state index in [1.54, 1.807) is 10.9 Å². The van der Waals surface area contributed by atoms with Gasteiger partial charge in [0.2, 0.25) is 5.91 Å². The van der Waals surface area contributed by atoms with Gasteiger partial charge in [-0.1, -0.05) is 91.0 Å². The van der Waals surface area contributed by atoms with Crippen LogP contribution < -0.4 is 5.32 Å². The van der Waals surface area contributed by atoms with Crippen LogP contribution in [-0.2, 0) is 24.2 Å². The molecule has 0 spiro atoms. The van der Waals surface area contributed by atoms with E-state index in [0.29, 0.717) is 30.1 Å². The summed E-state index contributed by atoms with van der Waals surface area (Å²) < 4.78 is 25.1. The third kappa shape index (κ3) is 5.69. The molecule has 3 atom stereocenters. The molecule has 0 bridgehead atoms. The van der Waals surface area contributed by atoms with Gasteiger partial charge in [0.05, 0.1) is 11.9 Å². The maximum Gasteiger partial charge on any atom is 0.694 e. The predicted octanol–water partition coefficient (Wildman–Crippen LogP) is 4.64. The van der Waals surface area contributed by atoms with Crippen LogP contribution in [0.25, 0.3) is 11.2 Å². The van der Waals surface area contributed by atoms with Gasteiger partial charge in [-0.15, -0.1) is 9.42 Å². The number of carbonyl (C=O) groups excluding carboxylic acids is 1. The van der Waals surface area contributed by atoms with E-state index in [0.717, 1.165) is 16.7 Å². The summed E-state index contributed by atoms with van der Waals surface area (Å²) in [7, 11) is -2.83. The molecule has 218 valence electrons. The summed E-state index contributed by atoms with van der Waals surface area (Å²) >= 11 is 0. The van der Waals surface area contributed by atoms with Crippen LogP contribution in [0, 0.1) is 0 Å². The van der Waals surface area contributed by atoms with Crippen LogP contribution in [0.4, 0.5) is 5.82 Å². The lowest BCUT2D eigenvalue weighted by molar-refractivity contribution is -0.145. The molecule has 6 rings (SSSR count). The molecular formula is C31H30N6O5P+. The molecule has 1 aliphatic rings. The number of rotatable bonds is 9. The number of fused-ring (bicyclic) bond motifs is 1. The molecule has 5 aromatic rings. The molecule has 11 nitrogen and oxygen atoms in total. The van der Waals surface area contributed by atoms with E-state index in [9.17, 15) is 14.3 Å². The number of benzene rings is 3. The third-order valence-corrected chi connectivity index (χ3v) is 7.90. The second-order valence-corrected chi connectivity index (χ2v) is 10.9. The summed E-state index contributed by atoms with van der Waals surface area (Å²) in [5, 5.41) is 2.71. The van der Waals surface area contributed by atoms with Crippen LogP contribution in [-0.4, -0.2) is 61.0 Å². The lowest BCUT2D eigenvalue weighted by Crippen LogP contribution is -2.57. The Hall–Kier alpha value is -4.38. The summed E-state index contributed by atoms with van der Waals surface area (Å²) in [5.74, 6) is 0.0246. The number of hydrogen-bond donors (Lipinski definition) is 2. The smallest absolute Gasteiger partial charge is 0.349 e. The van der Waals surface area contributed by atoms with Crippen LogP contribution in [0.15, 0.2) is 104 Å². The van der Waals surface area contributed by atoms with Crippen LogP contribution in [0.2, 0.25) is 0 Å². The first kappa shape index (κ1) is 28.7. The van der Waals surface area contributed by atoms with Gasteiger partial charge in [-0.25, -0.2) is 15.0 Å². The minimum absolute atomic E-state index is 0.105. The highest BCUT2D eigenvalue weighted by Gasteiger charge is 2.47. The van der Waals surface area contributed by atoms with E-state index in [4.69, 9.17) is 9.26 Å². The number of imidazole rings is 1. The molecule has 1 fully saturated rings. The van der Waals surface area contributed by atoms with Gasteiger partial charge >= 0.3 is 8.25 Å². The molecule has 1 aliphatic heterocycles. The third-order valence-electron chi connectivity index (χ3n) is 7.53. The number of morpholine rings is 1. The van der Waals surface area contributed by atoms with Crippen molar-refractivity contribution >= 4 is 31.1 Å². The number of nitrogens with zero attached hydrogens (tertiary/aromatic N) is 5. The van der Waals surface area contributed by atoms with Crippen molar-refractivity contribution in [2.45, 2.75) is 24.8 Å². The molecular weight excluding hydrogens is 567 g/mol. The molecule has 0 radical (unpaired) electrons. The molecule has 1 amide bonds. The van der Waals surface area contributed by atoms with E-state index < -0.39 is 26.1 Å². The number of anilines is 1. The quantitative estimate of drug-likeness (QED) is 0.184. The first-order chi connectivity index (χ1) is 21.0. The fraction of sp³-hybridized carbons (Fsp3) is 0.226. The van der Waals surface area contributed by atoms with Gasteiger partial charge in [0.25, 0.3) is 0 Å². The Balaban J connectivity index is 1.53. The largest absolute Gasteiger partial charge is 0.694 e. The summed E-state index contributed by atoms with van der Waals surface area (Å²) in [6.45, 7) is 2.08. The summed E-state index contributed by atoms with van der Waals surface area (Å²) in [6.07, 6.45) is 1.76. The van der Waals surface area contributed by atoms with Gasteiger partial charge in [0.15, 0.2) is 17.0 Å². The second-order valence-electron chi connectivity index (χ2n) is 10.2. The molecule has 0 saturated carbocycles. The number of ether oxygens (including phenoxy) is 1. The molecule has 0 aliphatic carbocycles. The summed E-state index contributed by atoms with van der Waals surface area (Å²) in [4.78, 5) is 36.8. The topological polar surface area (TPSA) is 132 Å². The molecule has 1 saturated heterocycles. The highest BCUT2D eigenvalue weighted by atomic mass is 31.1. The number of carbonyl (C=O) groups is 1. The minimum atomic E-state index is -2.83. The Morgan fingerprint density at radius 1 is 0.953 bits per heavy atom. The van der Waals surface area contributed by atoms with Gasteiger partial charge in [0, 0.05) is 24.6 Å². The average Bonchev–Trinajstić information content (AvgIpc) is 3.47. The van der Waals surface area contributed by atoms with Crippen molar-refractivity contribution in [3.8, 4) is 0 Å². The Bertz CT molecular complexity index is 1620. The highest BCUT2D eigenvalue weighted by Crippen LogP contribution is 2.45. The van der Waals surface area contributed by atoms with Crippen molar-refractivity contribution in [1.82, 2.24) is 24.4 Å². The average molecular weight is 598 g/mol. The van der Waals surface area contributed by atoms with E-state index >= 15 is 0 Å². The van der Waals surface area contributed by atoms with Crippen molar-refractivity contribution in [1.29, 1.82) is 0 Å². The monoisotopic (exact) mass is 597 g/mol. The maximum absolute atomic E-state index is 11.8. The first-order valence-electron chi connectivity index (χ1n) is 13.8. The number of hydrogen-bond acceptors (Lipinski definition) is 8. The Kier molecular flexibility index (Phi) is 8.33. The molecule has 12 heteroatoms. The van der Waals surface area contributed by atoms with Gasteiger partial charge in [0.1, 0.15) is 25.3 Å². The van der Waals surface area contributed by atoms with E-state index in [-0.39, 0.29) is 12.5 Å². The molecule has 43 heavy (non-hydrogen) atoms. The standard InChI is InChI=1S/C31H29N6O5P/c1-22(38)35-29-28-30(33-20-32-29)37(21-34-28)27-18-36(17-26(42-27)19-41-43(39)40)31(23-11-5-2-6-12-23,24-13-7-3-8-14-24)25-15-9-4-10-16-25/h2-16,20-21,26-27H,17-19H2,1H3,(H-,32,33,35,38,39,40)/p+1/t26-,27+/m0/s1. The zero-order chi connectivity index (χ0) is 29.8.